The Morgan fingerprint density at radius 1 is 0.852 bits per heavy atom. The van der Waals surface area contributed by atoms with Crippen molar-refractivity contribution in [3.05, 3.63) is 75.2 Å². The minimum Gasteiger partial charge on any atom is -0.427 e. The minimum atomic E-state index is -2.71. The van der Waals surface area contributed by atoms with Crippen LogP contribution in [0.25, 0.3) is 0 Å². The highest BCUT2D eigenvalue weighted by molar-refractivity contribution is 9.10. The van der Waals surface area contributed by atoms with Crippen LogP contribution in [0.5, 0.6) is 11.5 Å². The summed E-state index contributed by atoms with van der Waals surface area (Å²) in [6, 6.07) is 20.1. The van der Waals surface area contributed by atoms with E-state index in [1.807, 2.05) is 36.4 Å². The van der Waals surface area contributed by atoms with Gasteiger partial charge >= 0.3 is 5.69 Å². The van der Waals surface area contributed by atoms with E-state index in [0.717, 1.165) is 35.1 Å². The Morgan fingerprint density at radius 3 is 1.89 bits per heavy atom. The summed E-state index contributed by atoms with van der Waals surface area (Å²) in [7, 11) is 0. The first-order chi connectivity index (χ1) is 12.9. The number of halogens is 2. The molecule has 0 amide bonds. The molecule has 1 heterocycles. The molecule has 27 heavy (non-hydrogen) atoms. The third kappa shape index (κ3) is 4.77. The van der Waals surface area contributed by atoms with Crippen LogP contribution in [0.3, 0.4) is 0 Å². The lowest BCUT2D eigenvalue weighted by Gasteiger charge is -2.27. The molecule has 138 valence electrons. The fraction of sp³-hybridized carbons (Fsp3) is 0.0526. The molecule has 3 aromatic rings. The van der Waals surface area contributed by atoms with Gasteiger partial charge in [-0.3, -0.25) is 0 Å². The van der Waals surface area contributed by atoms with Gasteiger partial charge in [-0.1, -0.05) is 61.3 Å². The molecule has 1 aliphatic heterocycles. The molecule has 2 nitrogen and oxygen atoms in total. The van der Waals surface area contributed by atoms with E-state index in [9.17, 15) is 0 Å². The van der Waals surface area contributed by atoms with Crippen molar-refractivity contribution in [3.8, 4) is 11.5 Å². The first kappa shape index (κ1) is 19.9. The lowest BCUT2D eigenvalue weighted by molar-refractivity contribution is 0.490. The smallest absolute Gasteiger partial charge is 0.353 e. The third-order valence-corrected chi connectivity index (χ3v) is 10.2. The minimum absolute atomic E-state index is 0.747. The van der Waals surface area contributed by atoms with Gasteiger partial charge in [-0.15, -0.1) is 0 Å². The van der Waals surface area contributed by atoms with Gasteiger partial charge in [0, 0.05) is 25.6 Å². The fourth-order valence-electron chi connectivity index (χ4n) is 2.42. The highest BCUT2D eigenvalue weighted by Gasteiger charge is 2.30. The molecule has 3 aromatic carbocycles. The van der Waals surface area contributed by atoms with E-state index in [2.05, 4.69) is 63.0 Å². The van der Waals surface area contributed by atoms with Crippen LogP contribution in [-0.4, -0.2) is 0 Å². The lowest BCUT2D eigenvalue weighted by atomic mass is 10.2. The summed E-state index contributed by atoms with van der Waals surface area (Å²) < 4.78 is 14.6. The van der Waals surface area contributed by atoms with Gasteiger partial charge in [0.15, 0.2) is 0 Å². The highest BCUT2D eigenvalue weighted by atomic mass is 79.9. The molecular weight excluding hydrogens is 547 g/mol. The molecule has 0 saturated carbocycles. The monoisotopic (exact) mass is 558 g/mol. The number of fused-ring (bicyclic) bond motifs is 2. The standard InChI is InChI=1S/C19H13Br2O2PS3/c1-12-2-6-15(7-3-12)27-24(25)22-16-8-4-13(20)10-18(16)26-19-11-14(21)5-9-17(19)23-24/h2-11H,1H3. The highest BCUT2D eigenvalue weighted by Crippen LogP contribution is 2.66. The second-order valence-electron chi connectivity index (χ2n) is 5.82. The molecule has 0 N–H and O–H groups in total. The van der Waals surface area contributed by atoms with Crippen LogP contribution < -0.4 is 9.05 Å². The molecule has 0 aliphatic carbocycles. The fourth-order valence-corrected chi connectivity index (χ4v) is 9.13. The predicted molar refractivity (Wildman–Crippen MR) is 125 cm³/mol. The van der Waals surface area contributed by atoms with Crippen LogP contribution in [0.4, 0.5) is 0 Å². The Balaban J connectivity index is 1.80. The van der Waals surface area contributed by atoms with Crippen LogP contribution in [0.1, 0.15) is 5.56 Å². The van der Waals surface area contributed by atoms with E-state index in [1.54, 1.807) is 11.8 Å². The second kappa shape index (κ2) is 8.13. The van der Waals surface area contributed by atoms with Gasteiger partial charge in [0.05, 0.1) is 9.79 Å². The molecule has 4 rings (SSSR count). The number of hydrogen-bond donors (Lipinski definition) is 0. The van der Waals surface area contributed by atoms with Gasteiger partial charge in [-0.2, -0.15) is 0 Å². The van der Waals surface area contributed by atoms with Crippen LogP contribution in [0.2, 0.25) is 0 Å². The van der Waals surface area contributed by atoms with E-state index in [4.69, 9.17) is 20.9 Å². The summed E-state index contributed by atoms with van der Waals surface area (Å²) in [5.41, 5.74) is -1.50. The molecule has 0 fully saturated rings. The SMILES string of the molecule is Cc1ccc(SP2(=S)Oc3ccc(Br)cc3Sc3cc(Br)ccc3O2)cc1. The van der Waals surface area contributed by atoms with Gasteiger partial charge in [0.2, 0.25) is 0 Å². The maximum absolute atomic E-state index is 6.31. The predicted octanol–water partition coefficient (Wildman–Crippen LogP) is 8.46. The quantitative estimate of drug-likeness (QED) is 0.292. The summed E-state index contributed by atoms with van der Waals surface area (Å²) in [6.45, 7) is 2.06. The molecule has 0 saturated heterocycles. The molecular formula is C19H13Br2O2PS3. The van der Waals surface area contributed by atoms with Crippen molar-refractivity contribution in [2.45, 2.75) is 21.6 Å². The van der Waals surface area contributed by atoms with Crippen LogP contribution in [0.15, 0.2) is 84.3 Å². The Bertz CT molecular complexity index is 1000. The van der Waals surface area contributed by atoms with Crippen LogP contribution in [-0.2, 0) is 11.8 Å². The largest absolute Gasteiger partial charge is 0.427 e. The first-order valence-electron chi connectivity index (χ1n) is 7.93. The van der Waals surface area contributed by atoms with Crippen molar-refractivity contribution >= 4 is 72.5 Å². The van der Waals surface area contributed by atoms with Crippen molar-refractivity contribution in [2.24, 2.45) is 0 Å². The topological polar surface area (TPSA) is 18.5 Å². The van der Waals surface area contributed by atoms with Crippen molar-refractivity contribution < 1.29 is 9.05 Å². The number of hydrogen-bond acceptors (Lipinski definition) is 5. The molecule has 0 spiro atoms. The summed E-state index contributed by atoms with van der Waals surface area (Å²) in [5, 5.41) is 0. The lowest BCUT2D eigenvalue weighted by Crippen LogP contribution is -2.02. The summed E-state index contributed by atoms with van der Waals surface area (Å²) in [4.78, 5) is 3.05. The van der Waals surface area contributed by atoms with E-state index < -0.39 is 5.69 Å². The maximum Gasteiger partial charge on any atom is 0.353 e. The zero-order valence-corrected chi connectivity index (χ0v) is 20.5. The maximum atomic E-state index is 6.31. The van der Waals surface area contributed by atoms with Crippen molar-refractivity contribution in [1.29, 1.82) is 0 Å². The summed E-state index contributed by atoms with van der Waals surface area (Å²) in [6.07, 6.45) is 0. The Labute approximate surface area is 188 Å². The van der Waals surface area contributed by atoms with E-state index in [1.165, 1.54) is 16.9 Å². The zero-order chi connectivity index (χ0) is 19.0. The second-order valence-corrected chi connectivity index (χ2v) is 14.8. The summed E-state index contributed by atoms with van der Waals surface area (Å²) >= 11 is 16.1. The Kier molecular flexibility index (Phi) is 5.98. The van der Waals surface area contributed by atoms with Crippen LogP contribution in [0, 0.1) is 6.92 Å². The number of benzene rings is 3. The van der Waals surface area contributed by atoms with Crippen LogP contribution >= 0.6 is 60.7 Å². The molecule has 1 aliphatic rings. The summed E-state index contributed by atoms with van der Waals surface area (Å²) in [5.74, 6) is 1.49. The average molecular weight is 560 g/mol. The third-order valence-electron chi connectivity index (χ3n) is 3.69. The molecule has 0 bridgehead atoms. The molecule has 8 heteroatoms. The van der Waals surface area contributed by atoms with Gasteiger partial charge in [-0.25, -0.2) is 0 Å². The molecule has 0 radical (unpaired) electrons. The Morgan fingerprint density at radius 2 is 1.37 bits per heavy atom. The molecule has 0 aromatic heterocycles. The van der Waals surface area contributed by atoms with Crippen molar-refractivity contribution in [3.63, 3.8) is 0 Å². The van der Waals surface area contributed by atoms with Gasteiger partial charge < -0.3 is 9.05 Å². The zero-order valence-electron chi connectivity index (χ0n) is 14.0. The van der Waals surface area contributed by atoms with Gasteiger partial charge in [0.1, 0.15) is 11.5 Å². The first-order valence-corrected chi connectivity index (χ1v) is 14.4. The van der Waals surface area contributed by atoms with Gasteiger partial charge in [0.25, 0.3) is 0 Å². The van der Waals surface area contributed by atoms with Gasteiger partial charge in [-0.05, 0) is 66.8 Å². The molecule has 0 atom stereocenters. The van der Waals surface area contributed by atoms with E-state index >= 15 is 0 Å². The Hall–Kier alpha value is -0.430. The normalized spacial score (nSPS) is 14.8. The van der Waals surface area contributed by atoms with E-state index in [0.29, 0.717) is 0 Å². The number of aryl methyl sites for hydroxylation is 1. The number of rotatable bonds is 2. The average Bonchev–Trinajstić information content (AvgIpc) is 2.61. The molecule has 0 unspecified atom stereocenters. The van der Waals surface area contributed by atoms with Crippen molar-refractivity contribution in [2.75, 3.05) is 0 Å². The van der Waals surface area contributed by atoms with E-state index in [-0.39, 0.29) is 0 Å². The van der Waals surface area contributed by atoms with Crippen molar-refractivity contribution in [1.82, 2.24) is 0 Å².